The summed E-state index contributed by atoms with van der Waals surface area (Å²) in [5, 5.41) is -0.0710. The molecule has 0 radical (unpaired) electrons. The lowest BCUT2D eigenvalue weighted by molar-refractivity contribution is -0.117. The molecule has 0 aliphatic carbocycles. The molecule has 1 atom stereocenters. The summed E-state index contributed by atoms with van der Waals surface area (Å²) in [7, 11) is 1.29. The molecule has 0 spiro atoms. The molecular weight excluding hydrogens is 292 g/mol. The summed E-state index contributed by atoms with van der Waals surface area (Å²) >= 11 is 1.17. The van der Waals surface area contributed by atoms with Gasteiger partial charge in [-0.3, -0.25) is 9.59 Å². The van der Waals surface area contributed by atoms with Crippen LogP contribution in [0.15, 0.2) is 18.2 Å². The van der Waals surface area contributed by atoms with E-state index in [4.69, 9.17) is 5.73 Å². The van der Waals surface area contributed by atoms with Crippen LogP contribution < -0.4 is 10.6 Å². The fourth-order valence-corrected chi connectivity index (χ4v) is 3.19. The number of ether oxygens (including phenoxy) is 1. The number of thioether (sulfide) groups is 1. The molecule has 1 aromatic rings. The van der Waals surface area contributed by atoms with Gasteiger partial charge in [-0.1, -0.05) is 11.8 Å². The first kappa shape index (κ1) is 15.4. The predicted molar refractivity (Wildman–Crippen MR) is 81.2 cm³/mol. The minimum atomic E-state index is -0.481. The Morgan fingerprint density at radius 1 is 1.43 bits per heavy atom. The third-order valence-electron chi connectivity index (χ3n) is 3.16. The molecule has 1 unspecified atom stereocenters. The van der Waals surface area contributed by atoms with E-state index in [0.29, 0.717) is 29.9 Å². The number of nitrogens with two attached hydrogens (primary N) is 1. The van der Waals surface area contributed by atoms with Gasteiger partial charge >= 0.3 is 5.97 Å². The highest BCUT2D eigenvalue weighted by molar-refractivity contribution is 8.14. The quantitative estimate of drug-likeness (QED) is 0.671. The monoisotopic (exact) mass is 308 g/mol. The lowest BCUT2D eigenvalue weighted by atomic mass is 10.1. The van der Waals surface area contributed by atoms with E-state index >= 15 is 0 Å². The average Bonchev–Trinajstić information content (AvgIpc) is 2.77. The van der Waals surface area contributed by atoms with Gasteiger partial charge in [0, 0.05) is 25.1 Å². The molecule has 1 heterocycles. The number of carbonyl (C=O) groups is 3. The van der Waals surface area contributed by atoms with Crippen LogP contribution in [0.3, 0.4) is 0 Å². The highest BCUT2D eigenvalue weighted by Gasteiger charge is 2.32. The molecule has 112 valence electrons. The number of rotatable bonds is 3. The standard InChI is InChI=1S/C14H16N2O4S/c1-8(17)21-10-6-13(18)16(7-10)12-4-3-9(5-11(12)15)14(19)20-2/h3-5,10H,6-7,15H2,1-2H3. The maximum absolute atomic E-state index is 12.0. The molecular formula is C14H16N2O4S. The first-order valence-electron chi connectivity index (χ1n) is 6.37. The van der Waals surface area contributed by atoms with Crippen molar-refractivity contribution < 1.29 is 19.1 Å². The van der Waals surface area contributed by atoms with Gasteiger partial charge in [-0.25, -0.2) is 4.79 Å². The normalized spacial score (nSPS) is 17.9. The lowest BCUT2D eigenvalue weighted by Gasteiger charge is -2.19. The maximum Gasteiger partial charge on any atom is 0.337 e. The third kappa shape index (κ3) is 3.36. The van der Waals surface area contributed by atoms with Crippen LogP contribution in [-0.2, 0) is 14.3 Å². The summed E-state index contributed by atoms with van der Waals surface area (Å²) in [6, 6.07) is 4.68. The number of esters is 1. The minimum absolute atomic E-state index is 0.0105. The van der Waals surface area contributed by atoms with Crippen LogP contribution in [0.2, 0.25) is 0 Å². The number of carbonyl (C=O) groups excluding carboxylic acids is 3. The SMILES string of the molecule is COC(=O)c1ccc(N2CC(SC(C)=O)CC2=O)c(N)c1. The number of anilines is 2. The van der Waals surface area contributed by atoms with Crippen molar-refractivity contribution in [1.29, 1.82) is 0 Å². The Hall–Kier alpha value is -2.02. The molecule has 2 rings (SSSR count). The fourth-order valence-electron chi connectivity index (χ4n) is 2.27. The molecule has 2 N–H and O–H groups in total. The van der Waals surface area contributed by atoms with Crippen molar-refractivity contribution in [2.45, 2.75) is 18.6 Å². The molecule has 0 saturated carbocycles. The van der Waals surface area contributed by atoms with Crippen LogP contribution in [0.4, 0.5) is 11.4 Å². The molecule has 0 aromatic heterocycles. The van der Waals surface area contributed by atoms with Crippen LogP contribution >= 0.6 is 11.8 Å². The van der Waals surface area contributed by atoms with Gasteiger partial charge in [-0.2, -0.15) is 0 Å². The topological polar surface area (TPSA) is 89.7 Å². The Morgan fingerprint density at radius 3 is 2.71 bits per heavy atom. The van der Waals surface area contributed by atoms with E-state index in [1.807, 2.05) is 0 Å². The number of hydrogen-bond acceptors (Lipinski definition) is 6. The summed E-state index contributed by atoms with van der Waals surface area (Å²) in [6.07, 6.45) is 0.308. The Morgan fingerprint density at radius 2 is 2.14 bits per heavy atom. The smallest absolute Gasteiger partial charge is 0.337 e. The van der Waals surface area contributed by atoms with E-state index in [1.165, 1.54) is 31.9 Å². The van der Waals surface area contributed by atoms with E-state index in [9.17, 15) is 14.4 Å². The van der Waals surface area contributed by atoms with Crippen molar-refractivity contribution in [3.8, 4) is 0 Å². The van der Waals surface area contributed by atoms with Gasteiger partial charge in [0.05, 0.1) is 24.0 Å². The molecule has 1 amide bonds. The van der Waals surface area contributed by atoms with E-state index in [-0.39, 0.29) is 16.3 Å². The molecule has 21 heavy (non-hydrogen) atoms. The van der Waals surface area contributed by atoms with E-state index < -0.39 is 5.97 Å². The van der Waals surface area contributed by atoms with Crippen molar-refractivity contribution in [3.63, 3.8) is 0 Å². The second-order valence-corrected chi connectivity index (χ2v) is 6.18. The molecule has 1 aliphatic rings. The van der Waals surface area contributed by atoms with E-state index in [2.05, 4.69) is 4.74 Å². The zero-order valence-corrected chi connectivity index (χ0v) is 12.6. The van der Waals surface area contributed by atoms with Gasteiger partial charge in [0.15, 0.2) is 5.12 Å². The summed E-state index contributed by atoms with van der Waals surface area (Å²) in [5.74, 6) is -0.558. The minimum Gasteiger partial charge on any atom is -0.465 e. The summed E-state index contributed by atoms with van der Waals surface area (Å²) in [6.45, 7) is 1.92. The van der Waals surface area contributed by atoms with Gasteiger partial charge in [0.25, 0.3) is 0 Å². The van der Waals surface area contributed by atoms with Gasteiger partial charge in [-0.05, 0) is 18.2 Å². The Kier molecular flexibility index (Phi) is 4.52. The highest BCUT2D eigenvalue weighted by Crippen LogP contribution is 2.32. The number of nitrogens with zero attached hydrogens (tertiary/aromatic N) is 1. The summed E-state index contributed by atoms with van der Waals surface area (Å²) in [4.78, 5) is 36.2. The van der Waals surface area contributed by atoms with E-state index in [0.717, 1.165) is 0 Å². The lowest BCUT2D eigenvalue weighted by Crippen LogP contribution is -2.26. The number of methoxy groups -OCH3 is 1. The van der Waals surface area contributed by atoms with Crippen LogP contribution in [0.5, 0.6) is 0 Å². The van der Waals surface area contributed by atoms with Crippen LogP contribution in [-0.4, -0.2) is 35.9 Å². The van der Waals surface area contributed by atoms with Crippen molar-refractivity contribution in [3.05, 3.63) is 23.8 Å². The second kappa shape index (κ2) is 6.17. The highest BCUT2D eigenvalue weighted by atomic mass is 32.2. The average molecular weight is 308 g/mol. The molecule has 1 aliphatic heterocycles. The Labute approximate surface area is 126 Å². The van der Waals surface area contributed by atoms with Crippen molar-refractivity contribution in [2.75, 3.05) is 24.3 Å². The molecule has 0 bridgehead atoms. The Balaban J connectivity index is 2.20. The number of amides is 1. The summed E-state index contributed by atoms with van der Waals surface area (Å²) < 4.78 is 4.62. The van der Waals surface area contributed by atoms with Gasteiger partial charge in [0.2, 0.25) is 5.91 Å². The fraction of sp³-hybridized carbons (Fsp3) is 0.357. The molecule has 7 heteroatoms. The summed E-state index contributed by atoms with van der Waals surface area (Å²) in [5.41, 5.74) is 7.15. The largest absolute Gasteiger partial charge is 0.465 e. The predicted octanol–water partition coefficient (Wildman–Crippen LogP) is 1.44. The number of hydrogen-bond donors (Lipinski definition) is 1. The van der Waals surface area contributed by atoms with Gasteiger partial charge in [-0.15, -0.1) is 0 Å². The molecule has 1 fully saturated rings. The van der Waals surface area contributed by atoms with Crippen molar-refractivity contribution >= 4 is 40.1 Å². The van der Waals surface area contributed by atoms with Gasteiger partial charge in [0.1, 0.15) is 0 Å². The van der Waals surface area contributed by atoms with Crippen LogP contribution in [0.1, 0.15) is 23.7 Å². The maximum atomic E-state index is 12.0. The molecule has 1 aromatic carbocycles. The van der Waals surface area contributed by atoms with Crippen LogP contribution in [0.25, 0.3) is 0 Å². The van der Waals surface area contributed by atoms with Crippen molar-refractivity contribution in [1.82, 2.24) is 0 Å². The first-order valence-corrected chi connectivity index (χ1v) is 7.25. The Bertz CT molecular complexity index is 603. The number of nitrogen functional groups attached to an aromatic ring is 1. The molecule has 6 nitrogen and oxygen atoms in total. The zero-order chi connectivity index (χ0) is 15.6. The van der Waals surface area contributed by atoms with Crippen molar-refractivity contribution in [2.24, 2.45) is 0 Å². The van der Waals surface area contributed by atoms with Gasteiger partial charge < -0.3 is 15.4 Å². The van der Waals surface area contributed by atoms with E-state index in [1.54, 1.807) is 17.0 Å². The van der Waals surface area contributed by atoms with Crippen LogP contribution in [0, 0.1) is 0 Å². The third-order valence-corrected chi connectivity index (χ3v) is 4.14. The second-order valence-electron chi connectivity index (χ2n) is 4.71. The molecule has 1 saturated heterocycles. The zero-order valence-electron chi connectivity index (χ0n) is 11.8. The first-order chi connectivity index (χ1) is 9.92. The number of benzene rings is 1.